The SMILES string of the molecule is CNCC(C(=O)N1CC(=C2CN(S(=O)(=O)c3ccc4c(c3)OCCO4)C2)C1)c1ccc(F)c(Cl)c1OC. The van der Waals surface area contributed by atoms with E-state index in [1.54, 1.807) is 18.0 Å². The molecule has 0 aromatic heterocycles. The lowest BCUT2D eigenvalue weighted by Crippen LogP contribution is -2.52. The topological polar surface area (TPSA) is 97.4 Å². The Morgan fingerprint density at radius 1 is 1.11 bits per heavy atom. The number of likely N-dealkylation sites (N-methyl/N-ethyl adjacent to an activating group) is 1. The average molecular weight is 552 g/mol. The quantitative estimate of drug-likeness (QED) is 0.528. The first-order valence-electron chi connectivity index (χ1n) is 11.8. The number of carbonyl (C=O) groups excluding carboxylic acids is 1. The molecule has 2 fully saturated rings. The molecule has 1 amide bonds. The molecule has 9 nitrogen and oxygen atoms in total. The van der Waals surface area contributed by atoms with Gasteiger partial charge in [0.05, 0.1) is 17.9 Å². The largest absolute Gasteiger partial charge is 0.495 e. The predicted molar refractivity (Wildman–Crippen MR) is 134 cm³/mol. The van der Waals surface area contributed by atoms with Crippen LogP contribution < -0.4 is 19.5 Å². The molecule has 2 aromatic rings. The fourth-order valence-corrected chi connectivity index (χ4v) is 6.38. The zero-order chi connectivity index (χ0) is 26.3. The Hall–Kier alpha value is -2.86. The predicted octanol–water partition coefficient (Wildman–Crippen LogP) is 2.41. The monoisotopic (exact) mass is 551 g/mol. The van der Waals surface area contributed by atoms with Crippen molar-refractivity contribution < 1.29 is 31.8 Å². The lowest BCUT2D eigenvalue weighted by molar-refractivity contribution is -0.134. The lowest BCUT2D eigenvalue weighted by atomic mass is 9.91. The molecule has 5 rings (SSSR count). The first kappa shape index (κ1) is 25.8. The minimum atomic E-state index is -3.67. The third-order valence-corrected chi connectivity index (χ3v) is 8.97. The third kappa shape index (κ3) is 4.65. The van der Waals surface area contributed by atoms with E-state index in [0.29, 0.717) is 49.9 Å². The molecule has 3 heterocycles. The Bertz CT molecular complexity index is 1370. The average Bonchev–Trinajstić information content (AvgIpc) is 2.84. The Morgan fingerprint density at radius 3 is 2.46 bits per heavy atom. The van der Waals surface area contributed by atoms with Gasteiger partial charge in [-0.3, -0.25) is 4.79 Å². The van der Waals surface area contributed by atoms with Gasteiger partial charge in [0, 0.05) is 44.4 Å². The van der Waals surface area contributed by atoms with E-state index >= 15 is 0 Å². The summed E-state index contributed by atoms with van der Waals surface area (Å²) in [5.74, 6) is -0.261. The molecule has 2 aromatic carbocycles. The van der Waals surface area contributed by atoms with Crippen LogP contribution in [0.3, 0.4) is 0 Å². The van der Waals surface area contributed by atoms with Crippen molar-refractivity contribution in [2.45, 2.75) is 10.8 Å². The van der Waals surface area contributed by atoms with E-state index in [0.717, 1.165) is 11.1 Å². The highest BCUT2D eigenvalue weighted by atomic mass is 35.5. The molecule has 1 unspecified atom stereocenters. The standard InChI is InChI=1S/C25H27ClFN3O6S/c1-28-10-19(18-4-5-20(27)23(26)24(18)34-2)25(31)29-11-15(12-29)16-13-30(14-16)37(32,33)17-3-6-21-22(9-17)36-8-7-35-21/h3-6,9,19,28H,7-8,10-14H2,1-2H3. The van der Waals surface area contributed by atoms with Gasteiger partial charge < -0.3 is 24.4 Å². The van der Waals surface area contributed by atoms with Crippen molar-refractivity contribution in [2.75, 3.05) is 60.1 Å². The number of ether oxygens (including phenoxy) is 3. The molecule has 3 aliphatic heterocycles. The molecule has 0 radical (unpaired) electrons. The van der Waals surface area contributed by atoms with Crippen LogP contribution in [-0.4, -0.2) is 83.6 Å². The summed E-state index contributed by atoms with van der Waals surface area (Å²) in [6.07, 6.45) is 0. The van der Waals surface area contributed by atoms with Gasteiger partial charge in [-0.1, -0.05) is 17.7 Å². The summed E-state index contributed by atoms with van der Waals surface area (Å²) in [7, 11) is -0.554. The van der Waals surface area contributed by atoms with Crippen LogP contribution in [-0.2, 0) is 14.8 Å². The fourth-order valence-electron chi connectivity index (χ4n) is 4.68. The molecule has 0 aliphatic carbocycles. The summed E-state index contributed by atoms with van der Waals surface area (Å²) in [6.45, 7) is 2.55. The van der Waals surface area contributed by atoms with Gasteiger partial charge in [-0.15, -0.1) is 0 Å². The second-order valence-corrected chi connectivity index (χ2v) is 11.4. The van der Waals surface area contributed by atoms with Gasteiger partial charge in [0.1, 0.15) is 29.8 Å². The maximum Gasteiger partial charge on any atom is 0.243 e. The van der Waals surface area contributed by atoms with Gasteiger partial charge in [0.15, 0.2) is 11.5 Å². The molecule has 3 aliphatic rings. The van der Waals surface area contributed by atoms with Crippen molar-refractivity contribution >= 4 is 27.5 Å². The van der Waals surface area contributed by atoms with Gasteiger partial charge in [-0.05, 0) is 36.4 Å². The summed E-state index contributed by atoms with van der Waals surface area (Å²) >= 11 is 6.08. The van der Waals surface area contributed by atoms with Gasteiger partial charge in [-0.25, -0.2) is 12.8 Å². The first-order chi connectivity index (χ1) is 17.7. The van der Waals surface area contributed by atoms with E-state index in [-0.39, 0.29) is 34.7 Å². The summed E-state index contributed by atoms with van der Waals surface area (Å²) in [5, 5.41) is 2.85. The summed E-state index contributed by atoms with van der Waals surface area (Å²) < 4.78 is 57.7. The number of likely N-dealkylation sites (tertiary alicyclic amines) is 1. The molecule has 1 atom stereocenters. The van der Waals surface area contributed by atoms with Crippen LogP contribution in [0, 0.1) is 5.82 Å². The van der Waals surface area contributed by atoms with Crippen molar-refractivity contribution in [2.24, 2.45) is 0 Å². The van der Waals surface area contributed by atoms with E-state index in [9.17, 15) is 17.6 Å². The number of fused-ring (bicyclic) bond motifs is 1. The van der Waals surface area contributed by atoms with Crippen LogP contribution >= 0.6 is 11.6 Å². The number of benzene rings is 2. The number of hydrogen-bond donors (Lipinski definition) is 1. The second kappa shape index (κ2) is 10.1. The molecule has 0 bridgehead atoms. The van der Waals surface area contributed by atoms with Gasteiger partial charge >= 0.3 is 0 Å². The number of halogens is 2. The number of carbonyl (C=O) groups is 1. The number of rotatable bonds is 7. The molecule has 198 valence electrons. The van der Waals surface area contributed by atoms with Gasteiger partial charge in [0.2, 0.25) is 15.9 Å². The molecule has 0 spiro atoms. The molecule has 12 heteroatoms. The number of amides is 1. The van der Waals surface area contributed by atoms with Crippen LogP contribution in [0.4, 0.5) is 4.39 Å². The van der Waals surface area contributed by atoms with Crippen molar-refractivity contribution in [1.29, 1.82) is 0 Å². The first-order valence-corrected chi connectivity index (χ1v) is 13.6. The number of hydrogen-bond acceptors (Lipinski definition) is 7. The van der Waals surface area contributed by atoms with Crippen LogP contribution in [0.25, 0.3) is 0 Å². The number of methoxy groups -OCH3 is 1. The zero-order valence-electron chi connectivity index (χ0n) is 20.4. The van der Waals surface area contributed by atoms with E-state index in [4.69, 9.17) is 25.8 Å². The van der Waals surface area contributed by atoms with Crippen molar-refractivity contribution in [3.8, 4) is 17.2 Å². The minimum absolute atomic E-state index is 0.139. The molecular formula is C25H27ClFN3O6S. The highest BCUT2D eigenvalue weighted by Crippen LogP contribution is 2.38. The Balaban J connectivity index is 1.25. The summed E-state index contributed by atoms with van der Waals surface area (Å²) in [6, 6.07) is 7.38. The van der Waals surface area contributed by atoms with E-state index in [1.807, 2.05) is 0 Å². The van der Waals surface area contributed by atoms with Crippen molar-refractivity contribution in [3.05, 3.63) is 57.9 Å². The minimum Gasteiger partial charge on any atom is -0.495 e. The zero-order valence-corrected chi connectivity index (χ0v) is 22.0. The number of nitrogens with zero attached hydrogens (tertiary/aromatic N) is 2. The molecule has 2 saturated heterocycles. The highest BCUT2D eigenvalue weighted by Gasteiger charge is 2.40. The number of sulfonamides is 1. The molecule has 37 heavy (non-hydrogen) atoms. The Morgan fingerprint density at radius 2 is 1.78 bits per heavy atom. The number of nitrogens with one attached hydrogen (secondary N) is 1. The fraction of sp³-hybridized carbons (Fsp3) is 0.400. The normalized spacial score (nSPS) is 18.2. The maximum absolute atomic E-state index is 13.9. The molecule has 0 saturated carbocycles. The summed E-state index contributed by atoms with van der Waals surface area (Å²) in [4.78, 5) is 15.2. The van der Waals surface area contributed by atoms with Crippen molar-refractivity contribution in [1.82, 2.24) is 14.5 Å². The van der Waals surface area contributed by atoms with Crippen LogP contribution in [0.5, 0.6) is 17.2 Å². The molecule has 1 N–H and O–H groups in total. The summed E-state index contributed by atoms with van der Waals surface area (Å²) in [5.41, 5.74) is 2.57. The molecular weight excluding hydrogens is 525 g/mol. The Labute approximate surface area is 219 Å². The smallest absolute Gasteiger partial charge is 0.243 e. The van der Waals surface area contributed by atoms with Crippen molar-refractivity contribution in [3.63, 3.8) is 0 Å². The van der Waals surface area contributed by atoms with Gasteiger partial charge in [-0.2, -0.15) is 4.31 Å². The van der Waals surface area contributed by atoms with Crippen LogP contribution in [0.1, 0.15) is 11.5 Å². The Kier molecular flexibility index (Phi) is 7.06. The second-order valence-electron chi connectivity index (χ2n) is 9.07. The van der Waals surface area contributed by atoms with Crippen LogP contribution in [0.15, 0.2) is 46.4 Å². The van der Waals surface area contributed by atoms with Crippen LogP contribution in [0.2, 0.25) is 5.02 Å². The van der Waals surface area contributed by atoms with E-state index in [1.165, 1.54) is 35.7 Å². The lowest BCUT2D eigenvalue weighted by Gasteiger charge is -2.43. The maximum atomic E-state index is 13.9. The highest BCUT2D eigenvalue weighted by molar-refractivity contribution is 7.89. The van der Waals surface area contributed by atoms with E-state index < -0.39 is 21.8 Å². The third-order valence-electron chi connectivity index (χ3n) is 6.83. The van der Waals surface area contributed by atoms with E-state index in [2.05, 4.69) is 5.32 Å². The van der Waals surface area contributed by atoms with Gasteiger partial charge in [0.25, 0.3) is 0 Å².